The molecule has 1 atom stereocenters. The van der Waals surface area contributed by atoms with Gasteiger partial charge >= 0.3 is 18.8 Å². The van der Waals surface area contributed by atoms with Crippen molar-refractivity contribution in [3.63, 3.8) is 0 Å². The van der Waals surface area contributed by atoms with E-state index >= 15 is 0 Å². The highest BCUT2D eigenvalue weighted by molar-refractivity contribution is 7.92. The van der Waals surface area contributed by atoms with Crippen molar-refractivity contribution in [3.05, 3.63) is 66.2 Å². The molecule has 0 spiro atoms. The van der Waals surface area contributed by atoms with Crippen LogP contribution < -0.4 is 13.8 Å². The molecular formula is C26H23F5N2O6S. The van der Waals surface area contributed by atoms with Gasteiger partial charge in [-0.05, 0) is 56.3 Å². The molecule has 0 unspecified atom stereocenters. The number of carboxylic acid groups (broad SMARTS) is 1. The zero-order valence-corrected chi connectivity index (χ0v) is 21.8. The Balaban J connectivity index is 1.82. The molecule has 3 aromatic rings. The second kappa shape index (κ2) is 10.6. The monoisotopic (exact) mass is 586 g/mol. The van der Waals surface area contributed by atoms with Crippen LogP contribution in [0.15, 0.2) is 65.6 Å². The lowest BCUT2D eigenvalue weighted by Crippen LogP contribution is -2.46. The van der Waals surface area contributed by atoms with E-state index in [1.165, 1.54) is 50.2 Å². The van der Waals surface area contributed by atoms with Gasteiger partial charge in [-0.2, -0.15) is 22.0 Å². The van der Waals surface area contributed by atoms with E-state index in [2.05, 4.69) is 9.72 Å². The number of nitrogens with zero attached hydrogens (tertiary/aromatic N) is 2. The van der Waals surface area contributed by atoms with Gasteiger partial charge in [-0.3, -0.25) is 9.10 Å². The highest BCUT2D eigenvalue weighted by atomic mass is 32.2. The van der Waals surface area contributed by atoms with E-state index in [0.29, 0.717) is 6.07 Å². The fraction of sp³-hybridized carbons (Fsp3) is 0.308. The van der Waals surface area contributed by atoms with Crippen LogP contribution in [0.4, 0.5) is 27.6 Å². The summed E-state index contributed by atoms with van der Waals surface area (Å²) in [7, 11) is -4.63. The number of sulfonamides is 1. The fourth-order valence-corrected chi connectivity index (χ4v) is 5.70. The normalized spacial score (nSPS) is 15.9. The predicted octanol–water partition coefficient (Wildman–Crippen LogP) is 5.83. The number of ether oxygens (including phenoxy) is 2. The van der Waals surface area contributed by atoms with Crippen molar-refractivity contribution in [1.82, 2.24) is 4.98 Å². The molecule has 14 heteroatoms. The van der Waals surface area contributed by atoms with Crippen molar-refractivity contribution in [2.75, 3.05) is 10.8 Å². The molecule has 1 N–H and O–H groups in total. The Kier molecular flexibility index (Phi) is 7.67. The Hall–Kier alpha value is -3.94. The average molecular weight is 587 g/mol. The van der Waals surface area contributed by atoms with Crippen molar-refractivity contribution in [3.8, 4) is 22.9 Å². The molecule has 0 amide bonds. The largest absolute Gasteiger partial charge is 0.486 e. The second-order valence-electron chi connectivity index (χ2n) is 9.62. The Bertz CT molecular complexity index is 1530. The number of pyridine rings is 1. The highest BCUT2D eigenvalue weighted by Crippen LogP contribution is 2.42. The smallest absolute Gasteiger partial charge is 0.416 e. The predicted molar refractivity (Wildman–Crippen MR) is 133 cm³/mol. The first-order valence-electron chi connectivity index (χ1n) is 11.7. The van der Waals surface area contributed by atoms with E-state index in [9.17, 15) is 40.3 Å². The lowest BCUT2D eigenvalue weighted by atomic mass is 9.86. The van der Waals surface area contributed by atoms with Gasteiger partial charge in [-0.1, -0.05) is 12.1 Å². The van der Waals surface area contributed by atoms with Crippen molar-refractivity contribution < 1.29 is 49.7 Å². The van der Waals surface area contributed by atoms with E-state index < -0.39 is 57.3 Å². The molecule has 2 aromatic carbocycles. The van der Waals surface area contributed by atoms with E-state index in [1.54, 1.807) is 0 Å². The first kappa shape index (κ1) is 29.1. The van der Waals surface area contributed by atoms with Gasteiger partial charge in [0.15, 0.2) is 0 Å². The summed E-state index contributed by atoms with van der Waals surface area (Å²) < 4.78 is 104. The number of alkyl halides is 5. The molecule has 1 aliphatic heterocycles. The van der Waals surface area contributed by atoms with E-state index in [-0.39, 0.29) is 35.0 Å². The molecule has 0 saturated heterocycles. The number of aromatic nitrogens is 1. The summed E-state index contributed by atoms with van der Waals surface area (Å²) in [6.07, 6.45) is -5.88. The number of halogens is 5. The maximum atomic E-state index is 13.8. The van der Waals surface area contributed by atoms with Crippen LogP contribution in [0.2, 0.25) is 0 Å². The molecular weight excluding hydrogens is 563 g/mol. The Morgan fingerprint density at radius 1 is 1.12 bits per heavy atom. The standard InChI is InChI=1S/C26H23F5N2O6S/c1-25(2,23(34)35)13-17-14-33(40(36,37)18-6-3-5-16(12-18)26(29,30)31)20-11-15(9-10-21(20)38-17)19-7-4-8-22(32-19)39-24(27)28/h3-12,17,24H,13-14H2,1-2H3,(H,34,35)/t17-/m0/s1. The molecule has 2 heterocycles. The van der Waals surface area contributed by atoms with Crippen LogP contribution in [0.1, 0.15) is 25.8 Å². The molecule has 0 saturated carbocycles. The first-order valence-corrected chi connectivity index (χ1v) is 13.2. The van der Waals surface area contributed by atoms with Crippen LogP contribution in [0.3, 0.4) is 0 Å². The van der Waals surface area contributed by atoms with Crippen LogP contribution in [0, 0.1) is 5.41 Å². The Morgan fingerprint density at radius 2 is 1.82 bits per heavy atom. The van der Waals surface area contributed by atoms with Crippen molar-refractivity contribution in [2.45, 2.75) is 44.1 Å². The second-order valence-corrected chi connectivity index (χ2v) is 11.5. The number of carbonyl (C=O) groups is 1. The minimum absolute atomic E-state index is 0.0247. The summed E-state index contributed by atoms with van der Waals surface area (Å²) in [5, 5.41) is 9.56. The summed E-state index contributed by atoms with van der Waals surface area (Å²) in [5.41, 5.74) is -2.12. The van der Waals surface area contributed by atoms with Crippen LogP contribution in [0.5, 0.6) is 11.6 Å². The number of rotatable bonds is 8. The van der Waals surface area contributed by atoms with Crippen molar-refractivity contribution in [2.24, 2.45) is 5.41 Å². The average Bonchev–Trinajstić information content (AvgIpc) is 2.87. The molecule has 214 valence electrons. The van der Waals surface area contributed by atoms with Crippen molar-refractivity contribution in [1.29, 1.82) is 0 Å². The summed E-state index contributed by atoms with van der Waals surface area (Å²) in [6, 6.07) is 11.5. The molecule has 1 aromatic heterocycles. The molecule has 40 heavy (non-hydrogen) atoms. The van der Waals surface area contributed by atoms with E-state index in [4.69, 9.17) is 4.74 Å². The van der Waals surface area contributed by atoms with Gasteiger partial charge in [0, 0.05) is 18.1 Å². The number of hydrogen-bond donors (Lipinski definition) is 1. The van der Waals surface area contributed by atoms with Gasteiger partial charge in [0.2, 0.25) is 5.88 Å². The van der Waals surface area contributed by atoms with Gasteiger partial charge in [-0.25, -0.2) is 13.4 Å². The zero-order chi connectivity index (χ0) is 29.5. The van der Waals surface area contributed by atoms with Crippen LogP contribution in [-0.4, -0.2) is 43.7 Å². The van der Waals surface area contributed by atoms with E-state index in [0.717, 1.165) is 22.5 Å². The fourth-order valence-electron chi connectivity index (χ4n) is 4.15. The molecule has 0 radical (unpaired) electrons. The minimum Gasteiger partial charge on any atom is -0.486 e. The first-order chi connectivity index (χ1) is 18.6. The lowest BCUT2D eigenvalue weighted by Gasteiger charge is -2.37. The third kappa shape index (κ3) is 6.11. The third-order valence-electron chi connectivity index (χ3n) is 6.19. The molecule has 1 aliphatic rings. The number of anilines is 1. The minimum atomic E-state index is -4.80. The van der Waals surface area contributed by atoms with Crippen LogP contribution in [-0.2, 0) is 21.0 Å². The molecule has 8 nitrogen and oxygen atoms in total. The summed E-state index contributed by atoms with van der Waals surface area (Å²) in [6.45, 7) is -0.667. The van der Waals surface area contributed by atoms with Gasteiger partial charge in [-0.15, -0.1) is 0 Å². The summed E-state index contributed by atoms with van der Waals surface area (Å²) in [5.74, 6) is -1.51. The summed E-state index contributed by atoms with van der Waals surface area (Å²) >= 11 is 0. The SMILES string of the molecule is CC(C)(C[C@H]1CN(S(=O)(=O)c2cccc(C(F)(F)F)c2)c2cc(-c3cccc(OC(F)F)n3)ccc2O1)C(=O)O. The molecule has 0 bridgehead atoms. The van der Waals surface area contributed by atoms with Crippen molar-refractivity contribution >= 4 is 21.7 Å². The topological polar surface area (TPSA) is 106 Å². The van der Waals surface area contributed by atoms with Crippen LogP contribution >= 0.6 is 0 Å². The molecule has 0 fully saturated rings. The quantitative estimate of drug-likeness (QED) is 0.331. The summed E-state index contributed by atoms with van der Waals surface area (Å²) in [4.78, 5) is 15.1. The Morgan fingerprint density at radius 3 is 2.48 bits per heavy atom. The molecule has 0 aliphatic carbocycles. The van der Waals surface area contributed by atoms with Gasteiger partial charge in [0.25, 0.3) is 10.0 Å². The number of carboxylic acids is 1. The highest BCUT2D eigenvalue weighted by Gasteiger charge is 2.40. The van der Waals surface area contributed by atoms with Crippen LogP contribution in [0.25, 0.3) is 11.3 Å². The molecule has 4 rings (SSSR count). The lowest BCUT2D eigenvalue weighted by molar-refractivity contribution is -0.148. The zero-order valence-electron chi connectivity index (χ0n) is 21.0. The maximum absolute atomic E-state index is 13.8. The Labute approximate surface area is 226 Å². The third-order valence-corrected chi connectivity index (χ3v) is 7.96. The maximum Gasteiger partial charge on any atom is 0.416 e. The van der Waals surface area contributed by atoms with Gasteiger partial charge in [0.1, 0.15) is 11.9 Å². The number of aliphatic carboxylic acids is 1. The van der Waals surface area contributed by atoms with E-state index in [1.807, 2.05) is 0 Å². The van der Waals surface area contributed by atoms with Gasteiger partial charge < -0.3 is 14.6 Å². The number of hydrogen-bond acceptors (Lipinski definition) is 6. The number of fused-ring (bicyclic) bond motifs is 1. The number of benzene rings is 2. The van der Waals surface area contributed by atoms with Gasteiger partial charge in [0.05, 0.1) is 33.8 Å².